The first-order chi connectivity index (χ1) is 24.9. The summed E-state index contributed by atoms with van der Waals surface area (Å²) in [6.45, 7) is 4.73. The van der Waals surface area contributed by atoms with Gasteiger partial charge in [0.15, 0.2) is 0 Å². The second-order valence-electron chi connectivity index (χ2n) is 14.1. The summed E-state index contributed by atoms with van der Waals surface area (Å²) < 4.78 is 0. The first-order valence-electron chi connectivity index (χ1n) is 17.7. The van der Waals surface area contributed by atoms with Gasteiger partial charge in [-0.3, -0.25) is 0 Å². The molecule has 0 aliphatic heterocycles. The number of nitrogens with one attached hydrogen (secondary N) is 1. The van der Waals surface area contributed by atoms with Gasteiger partial charge in [0, 0.05) is 29.2 Å². The van der Waals surface area contributed by atoms with Crippen molar-refractivity contribution in [2.24, 2.45) is 10.7 Å². The van der Waals surface area contributed by atoms with Crippen molar-refractivity contribution < 1.29 is 0 Å². The second-order valence-corrected chi connectivity index (χ2v) is 14.1. The molecule has 0 amide bonds. The van der Waals surface area contributed by atoms with Crippen LogP contribution < -0.4 is 11.1 Å². The van der Waals surface area contributed by atoms with Crippen molar-refractivity contribution in [3.8, 4) is 11.1 Å². The van der Waals surface area contributed by atoms with Crippen molar-refractivity contribution in [1.82, 2.24) is 5.32 Å². The predicted molar refractivity (Wildman–Crippen MR) is 213 cm³/mol. The molecule has 0 saturated carbocycles. The van der Waals surface area contributed by atoms with Crippen molar-refractivity contribution in [3.05, 3.63) is 214 Å². The Labute approximate surface area is 299 Å². The van der Waals surface area contributed by atoms with Crippen molar-refractivity contribution in [2.45, 2.75) is 24.7 Å². The number of amidine groups is 1. The van der Waals surface area contributed by atoms with E-state index in [0.29, 0.717) is 5.84 Å². The maximum absolute atomic E-state index is 6.96. The van der Waals surface area contributed by atoms with Crippen LogP contribution in [0.2, 0.25) is 0 Å². The number of hydrogen-bond donors (Lipinski definition) is 2. The summed E-state index contributed by atoms with van der Waals surface area (Å²) >= 11 is 0. The van der Waals surface area contributed by atoms with Gasteiger partial charge in [-0.2, -0.15) is 0 Å². The first kappa shape index (κ1) is 30.8. The molecule has 0 heterocycles. The minimum Gasteiger partial charge on any atom is -0.386 e. The van der Waals surface area contributed by atoms with Crippen molar-refractivity contribution in [3.63, 3.8) is 0 Å². The van der Waals surface area contributed by atoms with Gasteiger partial charge in [-0.05, 0) is 61.3 Å². The maximum atomic E-state index is 6.96. The predicted octanol–water partition coefficient (Wildman–Crippen LogP) is 10.3. The molecule has 51 heavy (non-hydrogen) atoms. The summed E-state index contributed by atoms with van der Waals surface area (Å²) in [5.41, 5.74) is 21.5. The van der Waals surface area contributed by atoms with Gasteiger partial charge in [-0.1, -0.05) is 172 Å². The number of benzene rings is 7. The highest BCUT2D eigenvalue weighted by Gasteiger charge is 2.53. The van der Waals surface area contributed by atoms with E-state index in [1.807, 2.05) is 25.2 Å². The van der Waals surface area contributed by atoms with Gasteiger partial charge in [0.1, 0.15) is 5.84 Å². The molecule has 2 aliphatic rings. The Morgan fingerprint density at radius 1 is 0.529 bits per heavy atom. The Morgan fingerprint density at radius 2 is 1.10 bits per heavy atom. The number of fused-ring (bicyclic) bond motifs is 10. The summed E-state index contributed by atoms with van der Waals surface area (Å²) in [6, 6.07) is 58.9. The van der Waals surface area contributed by atoms with Gasteiger partial charge < -0.3 is 11.1 Å². The molecular weight excluding hydrogens is 619 g/mol. The quantitative estimate of drug-likeness (QED) is 0.110. The molecule has 7 aromatic rings. The van der Waals surface area contributed by atoms with E-state index in [1.54, 1.807) is 0 Å². The van der Waals surface area contributed by atoms with Gasteiger partial charge in [0.05, 0.1) is 16.8 Å². The molecule has 7 aromatic carbocycles. The number of aliphatic imine (C=N–C) groups is 1. The first-order valence-corrected chi connectivity index (χ1v) is 17.7. The molecule has 1 spiro atoms. The number of rotatable bonds is 5. The van der Waals surface area contributed by atoms with Crippen LogP contribution in [-0.2, 0) is 10.8 Å². The zero-order chi connectivity index (χ0) is 34.7. The van der Waals surface area contributed by atoms with Crippen molar-refractivity contribution in [1.29, 1.82) is 0 Å². The third-order valence-corrected chi connectivity index (χ3v) is 11.2. The lowest BCUT2D eigenvalue weighted by Crippen LogP contribution is -2.40. The van der Waals surface area contributed by atoms with Crippen LogP contribution in [0.4, 0.5) is 0 Å². The van der Waals surface area contributed by atoms with Gasteiger partial charge in [0.25, 0.3) is 0 Å². The van der Waals surface area contributed by atoms with Crippen LogP contribution in [0.3, 0.4) is 0 Å². The fourth-order valence-electron chi connectivity index (χ4n) is 8.91. The van der Waals surface area contributed by atoms with Crippen LogP contribution in [0.25, 0.3) is 33.3 Å². The SMILES string of the molecule is CN/C(=C(\N=C(/N)c1cccc2ccccc12)c1ccccc1)c1ccc2c(c1)C1(c3ccccc3-c3ccccc31)c1ccccc1C2(C)C. The van der Waals surface area contributed by atoms with Crippen molar-refractivity contribution >= 4 is 28.0 Å². The number of nitrogens with two attached hydrogens (primary N) is 1. The Morgan fingerprint density at radius 3 is 1.80 bits per heavy atom. The third-order valence-electron chi connectivity index (χ3n) is 11.2. The molecule has 3 nitrogen and oxygen atoms in total. The molecule has 0 saturated heterocycles. The third kappa shape index (κ3) is 4.48. The van der Waals surface area contributed by atoms with Gasteiger partial charge in [-0.15, -0.1) is 0 Å². The minimum absolute atomic E-state index is 0.217. The van der Waals surface area contributed by atoms with Crippen LogP contribution in [0, 0.1) is 0 Å². The normalized spacial score (nSPS) is 15.4. The number of nitrogens with zero attached hydrogens (tertiary/aromatic N) is 1. The van der Waals surface area contributed by atoms with E-state index < -0.39 is 5.41 Å². The van der Waals surface area contributed by atoms with Crippen LogP contribution in [-0.4, -0.2) is 12.9 Å². The zero-order valence-electron chi connectivity index (χ0n) is 29.1. The molecule has 3 N–H and O–H groups in total. The van der Waals surface area contributed by atoms with Crippen LogP contribution in [0.5, 0.6) is 0 Å². The molecule has 0 unspecified atom stereocenters. The molecule has 3 heteroatoms. The molecule has 246 valence electrons. The average Bonchev–Trinajstić information content (AvgIpc) is 3.48. The Hall–Kier alpha value is -6.19. The fourth-order valence-corrected chi connectivity index (χ4v) is 8.91. The topological polar surface area (TPSA) is 50.4 Å². The standard InChI is InChI=1S/C48H39N3/c1-47(2)40-26-13-14-27-42(40)48(38-24-11-9-21-35(38)36-22-10-12-25-39(36)48)43-30-33(28-29-41(43)47)44(50-3)45(32-17-5-4-6-18-32)51-46(49)37-23-15-19-31-16-7-8-20-34(31)37/h4-30,50H,1-3H3,(H2,49,51)/b45-44-. The minimum atomic E-state index is -0.484. The number of hydrogen-bond acceptors (Lipinski definition) is 2. The molecule has 0 radical (unpaired) electrons. The van der Waals surface area contributed by atoms with E-state index in [9.17, 15) is 0 Å². The van der Waals surface area contributed by atoms with Gasteiger partial charge in [-0.25, -0.2) is 4.99 Å². The summed E-state index contributed by atoms with van der Waals surface area (Å²) in [7, 11) is 1.98. The van der Waals surface area contributed by atoms with Gasteiger partial charge in [0.2, 0.25) is 0 Å². The molecule has 0 fully saturated rings. The highest BCUT2D eigenvalue weighted by molar-refractivity contribution is 6.11. The molecule has 2 aliphatic carbocycles. The lowest BCUT2D eigenvalue weighted by Gasteiger charge is -2.47. The van der Waals surface area contributed by atoms with E-state index in [-0.39, 0.29) is 5.41 Å². The highest BCUT2D eigenvalue weighted by atomic mass is 14.9. The maximum Gasteiger partial charge on any atom is 0.132 e. The smallest absolute Gasteiger partial charge is 0.132 e. The van der Waals surface area contributed by atoms with Crippen LogP contribution in [0.1, 0.15) is 63.9 Å². The lowest BCUT2D eigenvalue weighted by molar-refractivity contribution is 0.563. The van der Waals surface area contributed by atoms with Crippen LogP contribution in [0.15, 0.2) is 169 Å². The van der Waals surface area contributed by atoms with Gasteiger partial charge >= 0.3 is 0 Å². The summed E-state index contributed by atoms with van der Waals surface area (Å²) in [5.74, 6) is 0.474. The molecule has 9 rings (SSSR count). The van der Waals surface area contributed by atoms with E-state index in [1.165, 1.54) is 44.5 Å². The van der Waals surface area contributed by atoms with E-state index in [4.69, 9.17) is 10.7 Å². The summed E-state index contributed by atoms with van der Waals surface area (Å²) in [4.78, 5) is 5.26. The molecule has 0 aromatic heterocycles. The monoisotopic (exact) mass is 657 g/mol. The molecule has 0 bridgehead atoms. The van der Waals surface area contributed by atoms with Crippen molar-refractivity contribution in [2.75, 3.05) is 7.05 Å². The molecular formula is C48H39N3. The Bertz CT molecular complexity index is 2500. The fraction of sp³-hybridized carbons (Fsp3) is 0.104. The Kier molecular flexibility index (Phi) is 7.08. The zero-order valence-corrected chi connectivity index (χ0v) is 29.1. The molecule has 0 atom stereocenters. The summed E-state index contributed by atoms with van der Waals surface area (Å²) in [5, 5.41) is 5.80. The largest absolute Gasteiger partial charge is 0.386 e. The summed E-state index contributed by atoms with van der Waals surface area (Å²) in [6.07, 6.45) is 0. The average molecular weight is 658 g/mol. The Balaban J connectivity index is 1.35. The lowest BCUT2D eigenvalue weighted by atomic mass is 9.55. The van der Waals surface area contributed by atoms with E-state index in [2.05, 4.69) is 165 Å². The second kappa shape index (κ2) is 11.7. The van der Waals surface area contributed by atoms with E-state index in [0.717, 1.165) is 38.9 Å². The van der Waals surface area contributed by atoms with Crippen LogP contribution >= 0.6 is 0 Å². The van der Waals surface area contributed by atoms with E-state index >= 15 is 0 Å². The highest BCUT2D eigenvalue weighted by Crippen LogP contribution is 2.62.